The molecule has 0 saturated carbocycles. The summed E-state index contributed by atoms with van der Waals surface area (Å²) in [6, 6.07) is 24.8. The number of halogens is 6. The molecule has 7 aromatic heterocycles. The predicted molar refractivity (Wildman–Crippen MR) is 473 cm³/mol. The lowest BCUT2D eigenvalue weighted by atomic mass is 9.97. The number of aromatic hydroxyl groups is 3. The summed E-state index contributed by atoms with van der Waals surface area (Å²) >= 11 is 0. The van der Waals surface area contributed by atoms with E-state index in [4.69, 9.17) is 9.47 Å². The van der Waals surface area contributed by atoms with Gasteiger partial charge in [0.1, 0.15) is 80.0 Å². The number of para-hydroxylation sites is 2. The Kier molecular flexibility index (Phi) is 23.9. The van der Waals surface area contributed by atoms with Gasteiger partial charge in [-0.1, -0.05) is 116 Å². The summed E-state index contributed by atoms with van der Waals surface area (Å²) in [5, 5.41) is 35.5. The lowest BCUT2D eigenvalue weighted by Crippen LogP contribution is -2.56. The molecule has 3 fully saturated rings. The fourth-order valence-electron chi connectivity index (χ4n) is 18.0. The Balaban J connectivity index is 0.000000141. The topological polar surface area (TPSA) is 318 Å². The predicted octanol–water partition coefficient (Wildman–Crippen LogP) is 13.7. The van der Waals surface area contributed by atoms with Crippen LogP contribution in [-0.4, -0.2) is 193 Å². The van der Waals surface area contributed by atoms with Crippen LogP contribution in [0.5, 0.6) is 28.7 Å². The number of anilines is 4. The smallest absolute Gasteiger partial charge is 0.355 e. The Bertz CT molecular complexity index is 6450. The molecule has 660 valence electrons. The normalized spacial score (nSPS) is 16.5. The van der Waals surface area contributed by atoms with E-state index in [1.54, 1.807) is 39.1 Å². The number of phenolic OH excluding ortho intramolecular Hbond substituents is 3. The first-order valence-electron chi connectivity index (χ1n) is 42.1. The highest BCUT2D eigenvalue weighted by atomic mass is 19.1. The van der Waals surface area contributed by atoms with E-state index in [0.29, 0.717) is 113 Å². The van der Waals surface area contributed by atoms with Gasteiger partial charge in [0, 0.05) is 90.5 Å². The number of aryl methyl sites for hydroxylation is 2. The maximum absolute atomic E-state index is 16.5. The molecular weight excluding hydrogens is 1660 g/mol. The first kappa shape index (κ1) is 87.0. The number of hydrogen-bond donors (Lipinski definition) is 4. The average molecular weight is 1750 g/mol. The number of ether oxygens (including phenoxy) is 2. The minimum atomic E-state index is -0.979. The van der Waals surface area contributed by atoms with Gasteiger partial charge in [-0.25, -0.2) is 69.4 Å². The van der Waals surface area contributed by atoms with Crippen molar-refractivity contribution in [3.8, 4) is 79.6 Å². The number of pyridine rings is 4. The van der Waals surface area contributed by atoms with Crippen LogP contribution in [0.1, 0.15) is 107 Å². The number of carbonyl (C=O) groups is 3. The Hall–Kier alpha value is -14.5. The summed E-state index contributed by atoms with van der Waals surface area (Å²) in [5.74, 6) is -7.57. The second-order valence-electron chi connectivity index (χ2n) is 32.9. The number of benzene rings is 5. The molecular formula is C94H91F6N17O11. The van der Waals surface area contributed by atoms with Crippen molar-refractivity contribution >= 4 is 74.0 Å². The lowest BCUT2D eigenvalue weighted by Gasteiger charge is -2.43. The molecule has 13 heterocycles. The van der Waals surface area contributed by atoms with Crippen LogP contribution < -0.4 is 46.6 Å². The molecule has 0 aliphatic carbocycles. The van der Waals surface area contributed by atoms with Crippen molar-refractivity contribution in [3.63, 3.8) is 0 Å². The molecule has 128 heavy (non-hydrogen) atoms. The summed E-state index contributed by atoms with van der Waals surface area (Å²) in [4.78, 5) is 122. The van der Waals surface area contributed by atoms with E-state index in [0.717, 1.165) is 34.9 Å². The van der Waals surface area contributed by atoms with Gasteiger partial charge in [-0.2, -0.15) is 15.0 Å². The van der Waals surface area contributed by atoms with Gasteiger partial charge in [-0.15, -0.1) is 0 Å². The molecule has 0 spiro atoms. The molecule has 3 saturated heterocycles. The molecule has 0 radical (unpaired) electrons. The first-order valence-corrected chi connectivity index (χ1v) is 42.1. The first-order chi connectivity index (χ1) is 61.4. The summed E-state index contributed by atoms with van der Waals surface area (Å²) in [6.45, 7) is 29.8. The second-order valence-corrected chi connectivity index (χ2v) is 32.9. The zero-order valence-corrected chi connectivity index (χ0v) is 71.3. The van der Waals surface area contributed by atoms with Crippen molar-refractivity contribution in [2.45, 2.75) is 111 Å². The molecule has 28 nitrogen and oxygen atoms in total. The number of carbonyl (C=O) groups excluding carboxylic acids is 3. The number of piperazine rings is 3. The van der Waals surface area contributed by atoms with Crippen LogP contribution in [-0.2, 0) is 14.4 Å². The fourth-order valence-corrected chi connectivity index (χ4v) is 18.0. The highest BCUT2D eigenvalue weighted by Gasteiger charge is 2.42. The van der Waals surface area contributed by atoms with E-state index in [1.807, 2.05) is 100 Å². The van der Waals surface area contributed by atoms with Crippen LogP contribution in [0, 0.1) is 48.8 Å². The van der Waals surface area contributed by atoms with Crippen LogP contribution in [0.3, 0.4) is 0 Å². The molecule has 6 aliphatic heterocycles. The molecule has 0 bridgehead atoms. The monoisotopic (exact) mass is 1750 g/mol. The number of fused-ring (bicyclic) bond motifs is 6. The van der Waals surface area contributed by atoms with Gasteiger partial charge in [0.25, 0.3) is 0 Å². The van der Waals surface area contributed by atoms with Crippen molar-refractivity contribution in [1.82, 2.24) is 63.3 Å². The Morgan fingerprint density at radius 1 is 0.453 bits per heavy atom. The second kappa shape index (κ2) is 35.2. The maximum atomic E-state index is 16.5. The molecule has 5 aromatic carbocycles. The zero-order valence-electron chi connectivity index (χ0n) is 71.3. The number of nitrogens with zero attached hydrogens (tertiary/aromatic N) is 16. The van der Waals surface area contributed by atoms with Gasteiger partial charge < -0.3 is 59.5 Å². The maximum Gasteiger partial charge on any atom is 0.355 e. The number of amides is 3. The third kappa shape index (κ3) is 15.4. The van der Waals surface area contributed by atoms with Gasteiger partial charge in [0.2, 0.25) is 17.7 Å². The van der Waals surface area contributed by atoms with E-state index in [1.165, 1.54) is 68.3 Å². The quantitative estimate of drug-likeness (QED) is 0.0652. The van der Waals surface area contributed by atoms with Crippen LogP contribution in [0.4, 0.5) is 49.5 Å². The number of hydrogen-bond acceptors (Lipinski definition) is 22. The van der Waals surface area contributed by atoms with E-state index in [2.05, 4.69) is 59.9 Å². The molecule has 3 unspecified atom stereocenters. The van der Waals surface area contributed by atoms with Crippen molar-refractivity contribution in [2.24, 2.45) is 0 Å². The van der Waals surface area contributed by atoms with Gasteiger partial charge in [-0.3, -0.25) is 19.4 Å². The average Bonchev–Trinajstić information content (AvgIpc) is 0.728. The Labute approximate surface area is 729 Å². The van der Waals surface area contributed by atoms with Gasteiger partial charge in [0.05, 0.1) is 75.8 Å². The van der Waals surface area contributed by atoms with Gasteiger partial charge in [-0.05, 0) is 127 Å². The third-order valence-electron chi connectivity index (χ3n) is 24.2. The molecule has 12 aromatic rings. The molecule has 3 amide bonds. The summed E-state index contributed by atoms with van der Waals surface area (Å²) < 4.78 is 111. The number of phenols is 3. The molecule has 34 heteroatoms. The van der Waals surface area contributed by atoms with Crippen LogP contribution in [0.2, 0.25) is 0 Å². The zero-order chi connectivity index (χ0) is 90.9. The van der Waals surface area contributed by atoms with Crippen LogP contribution >= 0.6 is 0 Å². The number of rotatable bonds is 12. The van der Waals surface area contributed by atoms with Crippen LogP contribution in [0.15, 0.2) is 162 Å². The molecule has 3 atom stereocenters. The minimum absolute atomic E-state index is 0.00140. The highest BCUT2D eigenvalue weighted by Crippen LogP contribution is 2.49. The van der Waals surface area contributed by atoms with E-state index in [-0.39, 0.29) is 135 Å². The Morgan fingerprint density at radius 2 is 0.844 bits per heavy atom. The summed E-state index contributed by atoms with van der Waals surface area (Å²) in [6.07, 6.45) is 6.72. The van der Waals surface area contributed by atoms with Crippen molar-refractivity contribution in [3.05, 3.63) is 242 Å². The van der Waals surface area contributed by atoms with Crippen molar-refractivity contribution in [2.75, 3.05) is 98.7 Å². The lowest BCUT2D eigenvalue weighted by molar-refractivity contribution is -0.127. The molecule has 6 aliphatic rings. The van der Waals surface area contributed by atoms with E-state index >= 15 is 26.3 Å². The Morgan fingerprint density at radius 3 is 1.29 bits per heavy atom. The molecule has 18 rings (SSSR count). The summed E-state index contributed by atoms with van der Waals surface area (Å²) in [5.41, 5.74) is 0.588. The number of aromatic nitrogens is 10. The fraction of sp³-hybridized carbons (Fsp3) is 0.309. The van der Waals surface area contributed by atoms with Crippen LogP contribution in [0.25, 0.3) is 83.9 Å². The van der Waals surface area contributed by atoms with Crippen molar-refractivity contribution < 1.29 is 65.5 Å². The SMILES string of the molecule is C=CC(=O)N1CCN2c3nc(=O)n(-c4c(C)cccc4C(C)C)c4nc(-c5c(O)cccc5F)c(F)c(c34)OCCC2C1.C=CC(=O)N1CCN2c3nc(=O)n(-c4c(C)ccnc4C(C)C)c4nc(-c5c(O)cccc5F)c(F)c(c34)NCCC2C1.C=CC(=O)N1CCN2c3nc(=O)n(-c4ccccc4C(C)C)c4nc(-c5c(O)cccc5F)c(F)c(c34)OCCC2C1. The van der Waals surface area contributed by atoms with E-state index in [9.17, 15) is 44.1 Å². The number of nitrogens with one attached hydrogen (secondary N) is 1. The van der Waals surface area contributed by atoms with E-state index < -0.39 is 103 Å². The van der Waals surface area contributed by atoms with Gasteiger partial charge in [0.15, 0.2) is 45.9 Å². The highest BCUT2D eigenvalue weighted by molar-refractivity contribution is 6.03. The molecule has 4 N–H and O–H groups in total. The summed E-state index contributed by atoms with van der Waals surface area (Å²) in [7, 11) is 0. The van der Waals surface area contributed by atoms with Gasteiger partial charge >= 0.3 is 17.1 Å². The minimum Gasteiger partial charge on any atom is -0.507 e. The van der Waals surface area contributed by atoms with Crippen molar-refractivity contribution in [1.29, 1.82) is 0 Å². The largest absolute Gasteiger partial charge is 0.507 e. The third-order valence-corrected chi connectivity index (χ3v) is 24.2. The standard InChI is InChI=1S/C32H31F2N5O4.C31H31F2N7O3.C31H29F2N5O4/c1-5-23(41)37-13-14-38-19(16-37)12-15-43-29-25-30(38)36-32(42)39(28-18(4)8-6-9-20(28)17(2)3)31(25)35-27(26(29)34)24-21(33)10-7-11-22(24)40;1-5-21(42)38-13-14-39-18(15-38)10-12-35-26-23-29(39)37-31(43)40(28-17(4)9-11-34-25(28)16(2)3)30(23)36-27(24(26)33)22-19(32)7-6-8-20(22)41;1-4-23(40)36-13-14-37-18(16-36)12-15-42-28-25-29(37)35-31(41)38(21-10-6-5-8-19(21)17(2)3)30(25)34-27(26(28)33)24-20(32)9-7-11-22(24)39/h5-11,17,19,40H,1,12-16H2,2-4H3;5-9,11,16,18,35,41H,1,10,12-15H2,2-4H3;4-11,17-18,39H,1,12-16H2,2-3H3.